The Hall–Kier alpha value is -1.09. The molecule has 1 aromatic rings. The molecule has 1 aromatic heterocycles. The molecule has 180 valence electrons. The molecule has 0 bridgehead atoms. The monoisotopic (exact) mass is 433 g/mol. The molecule has 0 aliphatic rings. The molecule has 0 aromatic carbocycles. The quantitative estimate of drug-likeness (QED) is 0.176. The van der Waals surface area contributed by atoms with E-state index in [0.29, 0.717) is 5.75 Å². The fourth-order valence-electron chi connectivity index (χ4n) is 4.54. The first-order valence-electron chi connectivity index (χ1n) is 13.3. The maximum atomic E-state index is 10.1. The summed E-state index contributed by atoms with van der Waals surface area (Å²) < 4.78 is 0.962. The predicted molar refractivity (Wildman–Crippen MR) is 136 cm³/mol. The molecule has 0 aliphatic carbocycles. The van der Waals surface area contributed by atoms with Gasteiger partial charge in [-0.05, 0) is 26.7 Å². The van der Waals surface area contributed by atoms with Gasteiger partial charge in [0.15, 0.2) is 0 Å². The highest BCUT2D eigenvalue weighted by Gasteiger charge is 2.19. The van der Waals surface area contributed by atoms with Gasteiger partial charge in [0, 0.05) is 17.3 Å². The van der Waals surface area contributed by atoms with Gasteiger partial charge in [-0.1, -0.05) is 96.8 Å². The van der Waals surface area contributed by atoms with Crippen molar-refractivity contribution in [3.05, 3.63) is 23.0 Å². The van der Waals surface area contributed by atoms with Crippen LogP contribution in [0.2, 0.25) is 0 Å². The maximum Gasteiger partial charge on any atom is 0.140 e. The fourth-order valence-corrected chi connectivity index (χ4v) is 4.54. The van der Waals surface area contributed by atoms with Crippen LogP contribution in [-0.4, -0.2) is 35.2 Å². The minimum absolute atomic E-state index is 0.361. The molecule has 31 heavy (non-hydrogen) atoms. The number of quaternary nitrogens is 1. The van der Waals surface area contributed by atoms with E-state index in [1.54, 1.807) is 0 Å². The van der Waals surface area contributed by atoms with Crippen LogP contribution in [0.1, 0.15) is 126 Å². The molecule has 3 nitrogen and oxygen atoms in total. The first kappa shape index (κ1) is 27.9. The van der Waals surface area contributed by atoms with Crippen LogP contribution in [0.4, 0.5) is 0 Å². The Morgan fingerprint density at radius 1 is 0.710 bits per heavy atom. The molecule has 0 spiro atoms. The van der Waals surface area contributed by atoms with Crippen molar-refractivity contribution in [2.45, 2.75) is 130 Å². The summed E-state index contributed by atoms with van der Waals surface area (Å²) in [5.41, 5.74) is 2.89. The Morgan fingerprint density at radius 2 is 1.13 bits per heavy atom. The summed E-state index contributed by atoms with van der Waals surface area (Å²) in [6, 6.07) is 0. The van der Waals surface area contributed by atoms with Crippen LogP contribution in [0.25, 0.3) is 0 Å². The summed E-state index contributed by atoms with van der Waals surface area (Å²) in [4.78, 5) is 4.34. The number of aromatic nitrogens is 1. The molecule has 1 rings (SSSR count). The second-order valence-electron chi connectivity index (χ2n) is 10.5. The van der Waals surface area contributed by atoms with Gasteiger partial charge >= 0.3 is 0 Å². The molecule has 0 saturated carbocycles. The Labute approximate surface area is 194 Å². The van der Waals surface area contributed by atoms with Gasteiger partial charge in [0.2, 0.25) is 0 Å². The zero-order valence-corrected chi connectivity index (χ0v) is 21.6. The van der Waals surface area contributed by atoms with Crippen molar-refractivity contribution in [2.24, 2.45) is 0 Å². The van der Waals surface area contributed by atoms with Crippen molar-refractivity contribution in [1.82, 2.24) is 4.98 Å². The molecule has 3 heteroatoms. The minimum Gasteiger partial charge on any atom is -0.506 e. The molecule has 0 atom stereocenters. The number of pyridine rings is 1. The summed E-state index contributed by atoms with van der Waals surface area (Å²) in [6.07, 6.45) is 24.6. The van der Waals surface area contributed by atoms with Gasteiger partial charge in [-0.3, -0.25) is 4.98 Å². The van der Waals surface area contributed by atoms with Gasteiger partial charge in [-0.15, -0.1) is 0 Å². The van der Waals surface area contributed by atoms with Crippen LogP contribution in [0.3, 0.4) is 0 Å². The predicted octanol–water partition coefficient (Wildman–Crippen LogP) is 8.24. The molecule has 0 saturated heterocycles. The van der Waals surface area contributed by atoms with Crippen LogP contribution in [0.5, 0.6) is 5.75 Å². The van der Waals surface area contributed by atoms with Crippen molar-refractivity contribution in [1.29, 1.82) is 0 Å². The van der Waals surface area contributed by atoms with E-state index in [1.165, 1.54) is 115 Å². The fraction of sp³-hybridized carbons (Fsp3) is 0.821. The second-order valence-corrected chi connectivity index (χ2v) is 10.5. The Morgan fingerprint density at radius 3 is 1.58 bits per heavy atom. The summed E-state index contributed by atoms with van der Waals surface area (Å²) >= 11 is 0. The molecule has 0 fully saturated rings. The topological polar surface area (TPSA) is 33.1 Å². The number of unbranched alkanes of at least 4 members (excludes halogenated alkanes) is 15. The van der Waals surface area contributed by atoms with Crippen molar-refractivity contribution in [2.75, 3.05) is 20.6 Å². The summed E-state index contributed by atoms with van der Waals surface area (Å²) in [6.45, 7) is 8.29. The van der Waals surface area contributed by atoms with Gasteiger partial charge < -0.3 is 9.59 Å². The number of aromatic hydroxyl groups is 1. The van der Waals surface area contributed by atoms with E-state index in [9.17, 15) is 5.11 Å². The molecule has 0 radical (unpaired) electrons. The van der Waals surface area contributed by atoms with E-state index in [0.717, 1.165) is 22.3 Å². The minimum atomic E-state index is 0.361. The van der Waals surface area contributed by atoms with Crippen molar-refractivity contribution < 1.29 is 9.59 Å². The number of hydrogen-bond donors (Lipinski definition) is 1. The van der Waals surface area contributed by atoms with Gasteiger partial charge in [0.05, 0.1) is 26.3 Å². The lowest BCUT2D eigenvalue weighted by Crippen LogP contribution is -2.39. The lowest BCUT2D eigenvalue weighted by molar-refractivity contribution is -0.903. The van der Waals surface area contributed by atoms with Crippen LogP contribution in [-0.2, 0) is 6.54 Å². The normalized spacial score (nSPS) is 11.9. The van der Waals surface area contributed by atoms with E-state index in [2.05, 4.69) is 26.0 Å². The molecule has 1 heterocycles. The molecule has 0 aliphatic heterocycles. The van der Waals surface area contributed by atoms with Crippen molar-refractivity contribution >= 4 is 0 Å². The van der Waals surface area contributed by atoms with Gasteiger partial charge in [0.25, 0.3) is 0 Å². The van der Waals surface area contributed by atoms with Crippen LogP contribution in [0, 0.1) is 13.8 Å². The molecule has 0 amide bonds. The third-order valence-corrected chi connectivity index (χ3v) is 6.81. The molecule has 0 unspecified atom stereocenters. The van der Waals surface area contributed by atoms with Crippen LogP contribution < -0.4 is 0 Å². The highest BCUT2D eigenvalue weighted by atomic mass is 16.3. The standard InChI is InChI=1S/C28H52N2O/c1-6-7-8-9-10-11-12-13-14-15-16-17-18-19-20-21-22-30(4,5)24-27-23-29-26(3)28(31)25(27)2/h23H,6-22,24H2,1-5H3/p+1. The SMILES string of the molecule is CCCCCCCCCCCCCCCCCC[N+](C)(C)Cc1cnc(C)c(O)c1C. The van der Waals surface area contributed by atoms with Crippen molar-refractivity contribution in [3.63, 3.8) is 0 Å². The van der Waals surface area contributed by atoms with E-state index in [1.807, 2.05) is 20.0 Å². The van der Waals surface area contributed by atoms with E-state index in [4.69, 9.17) is 0 Å². The lowest BCUT2D eigenvalue weighted by atomic mass is 10.0. The maximum absolute atomic E-state index is 10.1. The number of hydrogen-bond acceptors (Lipinski definition) is 2. The zero-order valence-electron chi connectivity index (χ0n) is 21.6. The first-order valence-corrected chi connectivity index (χ1v) is 13.3. The van der Waals surface area contributed by atoms with E-state index < -0.39 is 0 Å². The van der Waals surface area contributed by atoms with E-state index in [-0.39, 0.29) is 0 Å². The number of rotatable bonds is 19. The largest absolute Gasteiger partial charge is 0.506 e. The molecular formula is C28H53N2O+. The molecular weight excluding hydrogens is 380 g/mol. The Balaban J connectivity index is 1.97. The smallest absolute Gasteiger partial charge is 0.140 e. The Kier molecular flexibility index (Phi) is 14.9. The second kappa shape index (κ2) is 16.5. The average molecular weight is 434 g/mol. The van der Waals surface area contributed by atoms with Gasteiger partial charge in [0.1, 0.15) is 12.3 Å². The lowest BCUT2D eigenvalue weighted by Gasteiger charge is -2.30. The third kappa shape index (κ3) is 13.1. The van der Waals surface area contributed by atoms with Gasteiger partial charge in [-0.25, -0.2) is 0 Å². The molecule has 1 N–H and O–H groups in total. The number of nitrogens with zero attached hydrogens (tertiary/aromatic N) is 2. The Bertz CT molecular complexity index is 583. The summed E-state index contributed by atoms with van der Waals surface area (Å²) in [5.74, 6) is 0.361. The number of aryl methyl sites for hydroxylation is 1. The summed E-state index contributed by atoms with van der Waals surface area (Å²) in [7, 11) is 4.59. The first-order chi connectivity index (χ1) is 14.9. The third-order valence-electron chi connectivity index (χ3n) is 6.81. The zero-order chi connectivity index (χ0) is 23.0. The van der Waals surface area contributed by atoms with Crippen molar-refractivity contribution in [3.8, 4) is 5.75 Å². The average Bonchev–Trinajstić information content (AvgIpc) is 2.74. The van der Waals surface area contributed by atoms with Crippen LogP contribution >= 0.6 is 0 Å². The van der Waals surface area contributed by atoms with E-state index >= 15 is 0 Å². The van der Waals surface area contributed by atoms with Gasteiger partial charge in [-0.2, -0.15) is 0 Å². The highest BCUT2D eigenvalue weighted by molar-refractivity contribution is 5.39. The highest BCUT2D eigenvalue weighted by Crippen LogP contribution is 2.24. The summed E-state index contributed by atoms with van der Waals surface area (Å²) in [5, 5.41) is 10.1. The van der Waals surface area contributed by atoms with Crippen LogP contribution in [0.15, 0.2) is 6.20 Å².